The summed E-state index contributed by atoms with van der Waals surface area (Å²) in [6.45, 7) is 0. The van der Waals surface area contributed by atoms with Crippen LogP contribution < -0.4 is 0 Å². The molecule has 0 radical (unpaired) electrons. The van der Waals surface area contributed by atoms with E-state index in [1.165, 1.54) is 17.4 Å². The third-order valence-corrected chi connectivity index (χ3v) is 7.04. The Labute approximate surface area is 199 Å². The summed E-state index contributed by atoms with van der Waals surface area (Å²) in [5.41, 5.74) is 4.10. The molecule has 0 aliphatic carbocycles. The first-order chi connectivity index (χ1) is 15.4. The normalized spacial score (nSPS) is 12.5. The Bertz CT molecular complexity index is 1320. The Balaban J connectivity index is 1.46. The number of aliphatic hydroxyl groups is 1. The summed E-state index contributed by atoms with van der Waals surface area (Å²) in [6.07, 6.45) is 4.07. The molecule has 0 unspecified atom stereocenters. The molecule has 2 N–H and O–H groups in total. The van der Waals surface area contributed by atoms with E-state index in [0.717, 1.165) is 21.5 Å². The van der Waals surface area contributed by atoms with Crippen LogP contribution in [0.4, 0.5) is 0 Å². The van der Waals surface area contributed by atoms with Crippen LogP contribution in [0.1, 0.15) is 45.3 Å². The van der Waals surface area contributed by atoms with Gasteiger partial charge in [0.15, 0.2) is 0 Å². The number of thiophene rings is 1. The number of carboxylic acid groups (broad SMARTS) is 1. The molecule has 4 rings (SSSR count). The van der Waals surface area contributed by atoms with Crippen molar-refractivity contribution in [2.45, 2.75) is 18.9 Å². The van der Waals surface area contributed by atoms with Gasteiger partial charge < -0.3 is 10.2 Å². The summed E-state index contributed by atoms with van der Waals surface area (Å²) in [5.74, 6) is -1.04. The fourth-order valence-corrected chi connectivity index (χ4v) is 4.92. The standard InChI is InChI=1S/C25H19Cl2NO3S/c26-22-23-21(32-24(22)27)13-11-17(28-23)10-8-15-4-3-5-16(14-15)9-12-20(29)18-6-1-2-7-19(18)25(30)31/h1-8,10-11,13-14,20,29H,9,12H2,(H,30,31)/b10-8+/t20-/m0/s1. The van der Waals surface area contributed by atoms with Crippen LogP contribution in [0, 0.1) is 0 Å². The molecule has 0 saturated carbocycles. The molecule has 0 fully saturated rings. The van der Waals surface area contributed by atoms with Gasteiger partial charge in [-0.05, 0) is 53.8 Å². The van der Waals surface area contributed by atoms with Crippen LogP contribution in [0.25, 0.3) is 22.4 Å². The molecular formula is C25H19Cl2NO3S. The molecule has 0 aliphatic heterocycles. The molecule has 32 heavy (non-hydrogen) atoms. The number of aromatic nitrogens is 1. The van der Waals surface area contributed by atoms with Gasteiger partial charge in [0.1, 0.15) is 9.85 Å². The SMILES string of the molecule is O=C(O)c1ccccc1[C@@H](O)CCc1cccc(/C=C/c2ccc3sc(Cl)c(Cl)c3n2)c1. The summed E-state index contributed by atoms with van der Waals surface area (Å²) in [7, 11) is 0. The van der Waals surface area contributed by atoms with Gasteiger partial charge >= 0.3 is 5.97 Å². The van der Waals surface area contributed by atoms with Crippen LogP contribution in [0.3, 0.4) is 0 Å². The lowest BCUT2D eigenvalue weighted by molar-refractivity contribution is 0.0688. The zero-order valence-electron chi connectivity index (χ0n) is 16.8. The molecule has 0 saturated heterocycles. The van der Waals surface area contributed by atoms with E-state index < -0.39 is 12.1 Å². The van der Waals surface area contributed by atoms with Crippen molar-refractivity contribution in [3.63, 3.8) is 0 Å². The molecule has 4 aromatic rings. The highest BCUT2D eigenvalue weighted by molar-refractivity contribution is 7.23. The Kier molecular flexibility index (Phi) is 6.92. The van der Waals surface area contributed by atoms with Gasteiger partial charge in [-0.3, -0.25) is 0 Å². The minimum atomic E-state index is -1.04. The second-order valence-corrected chi connectivity index (χ2v) is 9.33. The number of carboxylic acids is 1. The number of halogens is 2. The Morgan fingerprint density at radius 2 is 1.88 bits per heavy atom. The van der Waals surface area contributed by atoms with Crippen LogP contribution >= 0.6 is 34.5 Å². The van der Waals surface area contributed by atoms with Gasteiger partial charge in [0.2, 0.25) is 0 Å². The van der Waals surface area contributed by atoms with Gasteiger partial charge in [0.25, 0.3) is 0 Å². The number of hydrogen-bond donors (Lipinski definition) is 2. The lowest BCUT2D eigenvalue weighted by Crippen LogP contribution is -2.08. The maximum absolute atomic E-state index is 11.4. The van der Waals surface area contributed by atoms with E-state index in [2.05, 4.69) is 4.98 Å². The van der Waals surface area contributed by atoms with Crippen molar-refractivity contribution in [2.75, 3.05) is 0 Å². The molecule has 0 spiro atoms. The predicted octanol–water partition coefficient (Wildman–Crippen LogP) is 7.14. The van der Waals surface area contributed by atoms with Gasteiger partial charge in [-0.15, -0.1) is 11.3 Å². The van der Waals surface area contributed by atoms with E-state index in [9.17, 15) is 15.0 Å². The monoisotopic (exact) mass is 483 g/mol. The van der Waals surface area contributed by atoms with E-state index in [-0.39, 0.29) is 5.56 Å². The molecule has 2 aromatic heterocycles. The lowest BCUT2D eigenvalue weighted by Gasteiger charge is -2.13. The van der Waals surface area contributed by atoms with Gasteiger partial charge in [0, 0.05) is 0 Å². The van der Waals surface area contributed by atoms with Crippen molar-refractivity contribution in [1.82, 2.24) is 4.98 Å². The zero-order chi connectivity index (χ0) is 22.7. The first-order valence-electron chi connectivity index (χ1n) is 9.94. The highest BCUT2D eigenvalue weighted by Crippen LogP contribution is 2.37. The quantitative estimate of drug-likeness (QED) is 0.293. The molecule has 0 aliphatic rings. The molecule has 2 heterocycles. The Hall–Kier alpha value is -2.70. The molecular weight excluding hydrogens is 465 g/mol. The number of carbonyl (C=O) groups is 1. The number of nitrogens with zero attached hydrogens (tertiary/aromatic N) is 1. The van der Waals surface area contributed by atoms with Crippen molar-refractivity contribution in [1.29, 1.82) is 0 Å². The van der Waals surface area contributed by atoms with Crippen LogP contribution in [0.2, 0.25) is 9.36 Å². The number of aliphatic hydroxyl groups excluding tert-OH is 1. The summed E-state index contributed by atoms with van der Waals surface area (Å²) >= 11 is 13.7. The third kappa shape index (κ3) is 5.03. The molecule has 0 bridgehead atoms. The van der Waals surface area contributed by atoms with Crippen molar-refractivity contribution in [3.8, 4) is 0 Å². The fourth-order valence-electron chi connectivity index (χ4n) is 3.50. The van der Waals surface area contributed by atoms with E-state index in [1.54, 1.807) is 18.2 Å². The summed E-state index contributed by atoms with van der Waals surface area (Å²) in [6, 6.07) is 18.4. The van der Waals surface area contributed by atoms with E-state index >= 15 is 0 Å². The second-order valence-electron chi connectivity index (χ2n) is 7.30. The van der Waals surface area contributed by atoms with Gasteiger partial charge in [-0.1, -0.05) is 71.7 Å². The number of pyridine rings is 1. The smallest absolute Gasteiger partial charge is 0.336 e. The molecule has 1 atom stereocenters. The summed E-state index contributed by atoms with van der Waals surface area (Å²) in [5, 5.41) is 20.3. The van der Waals surface area contributed by atoms with Gasteiger partial charge in [-0.25, -0.2) is 9.78 Å². The largest absolute Gasteiger partial charge is 0.478 e. The van der Waals surface area contributed by atoms with Crippen molar-refractivity contribution >= 4 is 62.9 Å². The van der Waals surface area contributed by atoms with Crippen molar-refractivity contribution < 1.29 is 15.0 Å². The van der Waals surface area contributed by atoms with Gasteiger partial charge in [0.05, 0.1) is 27.1 Å². The minimum Gasteiger partial charge on any atom is -0.478 e. The highest BCUT2D eigenvalue weighted by atomic mass is 35.5. The number of aromatic carboxylic acids is 1. The number of fused-ring (bicyclic) bond motifs is 1. The Morgan fingerprint density at radius 1 is 1.06 bits per heavy atom. The maximum Gasteiger partial charge on any atom is 0.336 e. The van der Waals surface area contributed by atoms with Crippen molar-refractivity contribution in [3.05, 3.63) is 98.0 Å². The average Bonchev–Trinajstić information content (AvgIpc) is 3.09. The van der Waals surface area contributed by atoms with E-state index in [1.807, 2.05) is 48.6 Å². The molecule has 2 aromatic carbocycles. The number of aryl methyl sites for hydroxylation is 1. The number of rotatable bonds is 7. The fraction of sp³-hybridized carbons (Fsp3) is 0.120. The summed E-state index contributed by atoms with van der Waals surface area (Å²) < 4.78 is 1.48. The molecule has 7 heteroatoms. The first kappa shape index (κ1) is 22.5. The van der Waals surface area contributed by atoms with E-state index in [4.69, 9.17) is 23.2 Å². The minimum absolute atomic E-state index is 0.133. The second kappa shape index (κ2) is 9.84. The molecule has 4 nitrogen and oxygen atoms in total. The van der Waals surface area contributed by atoms with Gasteiger partial charge in [-0.2, -0.15) is 0 Å². The van der Waals surface area contributed by atoms with Crippen LogP contribution in [0.15, 0.2) is 60.7 Å². The van der Waals surface area contributed by atoms with E-state index in [0.29, 0.717) is 33.3 Å². The number of benzene rings is 2. The molecule has 162 valence electrons. The number of hydrogen-bond acceptors (Lipinski definition) is 4. The molecule has 0 amide bonds. The zero-order valence-corrected chi connectivity index (χ0v) is 19.2. The lowest BCUT2D eigenvalue weighted by atomic mass is 9.96. The first-order valence-corrected chi connectivity index (χ1v) is 11.5. The highest BCUT2D eigenvalue weighted by Gasteiger charge is 2.16. The average molecular weight is 484 g/mol. The third-order valence-electron chi connectivity index (χ3n) is 5.11. The van der Waals surface area contributed by atoms with Crippen LogP contribution in [0.5, 0.6) is 0 Å². The van der Waals surface area contributed by atoms with Crippen LogP contribution in [-0.4, -0.2) is 21.2 Å². The Morgan fingerprint density at radius 3 is 2.69 bits per heavy atom. The van der Waals surface area contributed by atoms with Crippen molar-refractivity contribution in [2.24, 2.45) is 0 Å². The topological polar surface area (TPSA) is 70.4 Å². The maximum atomic E-state index is 11.4. The predicted molar refractivity (Wildman–Crippen MR) is 132 cm³/mol. The summed E-state index contributed by atoms with van der Waals surface area (Å²) in [4.78, 5) is 16.0. The van der Waals surface area contributed by atoms with Crippen LogP contribution in [-0.2, 0) is 6.42 Å².